The highest BCUT2D eigenvalue weighted by atomic mass is 32.2. The monoisotopic (exact) mass is 220 g/mol. The van der Waals surface area contributed by atoms with Gasteiger partial charge in [0.15, 0.2) is 0 Å². The molecule has 0 aromatic rings. The van der Waals surface area contributed by atoms with Gasteiger partial charge in [0.05, 0.1) is 0 Å². The van der Waals surface area contributed by atoms with Gasteiger partial charge in [-0.25, -0.2) is 5.14 Å². The summed E-state index contributed by atoms with van der Waals surface area (Å²) in [5.74, 6) is 0.328. The van der Waals surface area contributed by atoms with Crippen LogP contribution in [0.15, 0.2) is 0 Å². The molecule has 0 amide bonds. The van der Waals surface area contributed by atoms with Crippen molar-refractivity contribution in [1.82, 2.24) is 4.31 Å². The Labute approximate surface area is 86.6 Å². The van der Waals surface area contributed by atoms with Gasteiger partial charge in [0, 0.05) is 12.6 Å². The van der Waals surface area contributed by atoms with Crippen LogP contribution in [-0.2, 0) is 10.2 Å². The smallest absolute Gasteiger partial charge is 0.216 e. The molecule has 0 radical (unpaired) electrons. The minimum absolute atomic E-state index is 0.146. The lowest BCUT2D eigenvalue weighted by Gasteiger charge is -2.27. The van der Waals surface area contributed by atoms with Crippen molar-refractivity contribution in [1.29, 1.82) is 0 Å². The van der Waals surface area contributed by atoms with Gasteiger partial charge in [-0.15, -0.1) is 0 Å². The van der Waals surface area contributed by atoms with Crippen LogP contribution in [0.3, 0.4) is 0 Å². The van der Waals surface area contributed by atoms with Crippen LogP contribution < -0.4 is 5.14 Å². The molecule has 0 spiro atoms. The Morgan fingerprint density at radius 2 is 1.86 bits per heavy atom. The first-order valence-corrected chi connectivity index (χ1v) is 6.71. The fourth-order valence-corrected chi connectivity index (χ4v) is 3.15. The summed E-state index contributed by atoms with van der Waals surface area (Å²) in [6, 6.07) is 0.146. The van der Waals surface area contributed by atoms with E-state index in [4.69, 9.17) is 5.14 Å². The first-order valence-electron chi connectivity index (χ1n) is 5.21. The minimum atomic E-state index is -3.51. The van der Waals surface area contributed by atoms with Crippen LogP contribution in [0.1, 0.15) is 39.5 Å². The van der Waals surface area contributed by atoms with Gasteiger partial charge in [-0.1, -0.05) is 26.7 Å². The van der Waals surface area contributed by atoms with E-state index in [1.165, 1.54) is 4.31 Å². The molecule has 0 unspecified atom stereocenters. The lowest BCUT2D eigenvalue weighted by atomic mass is 10.2. The number of hydrogen-bond donors (Lipinski definition) is 1. The SMILES string of the molecule is CC(C)CN(C1CCCC1)S(N)(=O)=O. The van der Waals surface area contributed by atoms with Crippen LogP contribution >= 0.6 is 0 Å². The average Bonchev–Trinajstić information content (AvgIpc) is 2.49. The number of nitrogens with zero attached hydrogens (tertiary/aromatic N) is 1. The highest BCUT2D eigenvalue weighted by Gasteiger charge is 2.29. The van der Waals surface area contributed by atoms with E-state index in [0.717, 1.165) is 25.7 Å². The standard InChI is InChI=1S/C9H20N2O2S/c1-8(2)7-11(14(10,12)13)9-5-3-4-6-9/h8-9H,3-7H2,1-2H3,(H2,10,12,13). The zero-order chi connectivity index (χ0) is 10.8. The maximum atomic E-state index is 11.4. The number of rotatable bonds is 4. The summed E-state index contributed by atoms with van der Waals surface area (Å²) in [4.78, 5) is 0. The summed E-state index contributed by atoms with van der Waals surface area (Å²) in [5.41, 5.74) is 0. The van der Waals surface area contributed by atoms with E-state index in [9.17, 15) is 8.42 Å². The molecule has 0 aromatic carbocycles. The molecule has 14 heavy (non-hydrogen) atoms. The summed E-state index contributed by atoms with van der Waals surface area (Å²) < 4.78 is 24.2. The topological polar surface area (TPSA) is 63.4 Å². The van der Waals surface area contributed by atoms with E-state index in [0.29, 0.717) is 12.5 Å². The molecular weight excluding hydrogens is 200 g/mol. The summed E-state index contributed by atoms with van der Waals surface area (Å²) >= 11 is 0. The molecule has 1 aliphatic rings. The Kier molecular flexibility index (Phi) is 3.92. The molecule has 0 bridgehead atoms. The molecule has 1 aliphatic carbocycles. The zero-order valence-corrected chi connectivity index (χ0v) is 9.76. The Morgan fingerprint density at radius 1 is 1.36 bits per heavy atom. The van der Waals surface area contributed by atoms with Crippen molar-refractivity contribution in [3.05, 3.63) is 0 Å². The van der Waals surface area contributed by atoms with Crippen molar-refractivity contribution >= 4 is 10.2 Å². The van der Waals surface area contributed by atoms with Gasteiger partial charge in [-0.05, 0) is 18.8 Å². The molecular formula is C9H20N2O2S. The quantitative estimate of drug-likeness (QED) is 0.771. The van der Waals surface area contributed by atoms with Crippen LogP contribution in [0.2, 0.25) is 0 Å². The number of nitrogens with two attached hydrogens (primary N) is 1. The fraction of sp³-hybridized carbons (Fsp3) is 1.00. The summed E-state index contributed by atoms with van der Waals surface area (Å²) in [7, 11) is -3.51. The van der Waals surface area contributed by atoms with Gasteiger partial charge in [-0.3, -0.25) is 0 Å². The van der Waals surface area contributed by atoms with Gasteiger partial charge in [0.2, 0.25) is 0 Å². The first kappa shape index (κ1) is 11.9. The largest absolute Gasteiger partial charge is 0.277 e. The van der Waals surface area contributed by atoms with E-state index < -0.39 is 10.2 Å². The molecule has 0 aromatic heterocycles. The van der Waals surface area contributed by atoms with E-state index in [1.807, 2.05) is 13.8 Å². The lowest BCUT2D eigenvalue weighted by Crippen LogP contribution is -2.44. The summed E-state index contributed by atoms with van der Waals surface area (Å²) in [5, 5.41) is 5.21. The van der Waals surface area contributed by atoms with Crippen LogP contribution in [0.25, 0.3) is 0 Å². The van der Waals surface area contributed by atoms with Crippen LogP contribution in [0.4, 0.5) is 0 Å². The molecule has 0 saturated heterocycles. The van der Waals surface area contributed by atoms with Crippen molar-refractivity contribution in [3.8, 4) is 0 Å². The second-order valence-corrected chi connectivity index (χ2v) is 5.95. The van der Waals surface area contributed by atoms with Crippen molar-refractivity contribution in [3.63, 3.8) is 0 Å². The third-order valence-electron chi connectivity index (χ3n) is 2.60. The van der Waals surface area contributed by atoms with Crippen molar-refractivity contribution in [2.45, 2.75) is 45.6 Å². The minimum Gasteiger partial charge on any atom is -0.216 e. The molecule has 84 valence electrons. The van der Waals surface area contributed by atoms with Crippen LogP contribution in [0.5, 0.6) is 0 Å². The molecule has 1 rings (SSSR count). The predicted molar refractivity (Wildman–Crippen MR) is 56.9 cm³/mol. The van der Waals surface area contributed by atoms with Gasteiger partial charge >= 0.3 is 0 Å². The molecule has 4 nitrogen and oxygen atoms in total. The average molecular weight is 220 g/mol. The van der Waals surface area contributed by atoms with Crippen molar-refractivity contribution in [2.75, 3.05) is 6.54 Å². The van der Waals surface area contributed by atoms with Crippen molar-refractivity contribution in [2.24, 2.45) is 11.1 Å². The lowest BCUT2D eigenvalue weighted by molar-refractivity contribution is 0.293. The second-order valence-electron chi connectivity index (χ2n) is 4.45. The third kappa shape index (κ3) is 3.22. The third-order valence-corrected chi connectivity index (χ3v) is 3.70. The van der Waals surface area contributed by atoms with Gasteiger partial charge in [0.25, 0.3) is 10.2 Å². The second kappa shape index (κ2) is 4.59. The maximum Gasteiger partial charge on any atom is 0.277 e. The normalized spacial score (nSPS) is 19.8. The Hall–Kier alpha value is -0.130. The molecule has 1 fully saturated rings. The summed E-state index contributed by atoms with van der Waals surface area (Å²) in [6.45, 7) is 4.56. The highest BCUT2D eigenvalue weighted by molar-refractivity contribution is 7.86. The Bertz CT molecular complexity index is 269. The number of hydrogen-bond acceptors (Lipinski definition) is 2. The van der Waals surface area contributed by atoms with E-state index in [2.05, 4.69) is 0 Å². The Balaban J connectivity index is 2.71. The molecule has 0 aliphatic heterocycles. The summed E-state index contributed by atoms with van der Waals surface area (Å²) in [6.07, 6.45) is 4.16. The molecule has 0 atom stereocenters. The van der Waals surface area contributed by atoms with E-state index >= 15 is 0 Å². The highest BCUT2D eigenvalue weighted by Crippen LogP contribution is 2.25. The zero-order valence-electron chi connectivity index (χ0n) is 8.94. The molecule has 5 heteroatoms. The van der Waals surface area contributed by atoms with E-state index in [-0.39, 0.29) is 6.04 Å². The van der Waals surface area contributed by atoms with E-state index in [1.54, 1.807) is 0 Å². The maximum absolute atomic E-state index is 11.4. The van der Waals surface area contributed by atoms with Gasteiger partial charge in [0.1, 0.15) is 0 Å². The van der Waals surface area contributed by atoms with Crippen LogP contribution in [0, 0.1) is 5.92 Å². The van der Waals surface area contributed by atoms with Gasteiger partial charge < -0.3 is 0 Å². The fourth-order valence-electron chi connectivity index (χ4n) is 2.01. The first-order chi connectivity index (χ1) is 6.41. The molecule has 1 saturated carbocycles. The van der Waals surface area contributed by atoms with Crippen LogP contribution in [-0.4, -0.2) is 25.3 Å². The Morgan fingerprint density at radius 3 is 2.21 bits per heavy atom. The molecule has 0 heterocycles. The van der Waals surface area contributed by atoms with Crippen molar-refractivity contribution < 1.29 is 8.42 Å². The predicted octanol–water partition coefficient (Wildman–Crippen LogP) is 1.09. The van der Waals surface area contributed by atoms with Gasteiger partial charge in [-0.2, -0.15) is 12.7 Å². The molecule has 2 N–H and O–H groups in total.